The second-order valence-corrected chi connectivity index (χ2v) is 6.48. The summed E-state index contributed by atoms with van der Waals surface area (Å²) in [6, 6.07) is 4.44. The molecule has 1 saturated heterocycles. The Balaban J connectivity index is 1.36. The normalized spacial score (nSPS) is 26.9. The molecule has 1 saturated carbocycles. The largest absolute Gasteiger partial charge is 0.463 e. The van der Waals surface area contributed by atoms with E-state index in [2.05, 4.69) is 5.32 Å². The van der Waals surface area contributed by atoms with Gasteiger partial charge in [-0.2, -0.15) is 0 Å². The highest BCUT2D eigenvalue weighted by atomic mass is 16.3. The second-order valence-electron chi connectivity index (χ2n) is 6.48. The Kier molecular flexibility index (Phi) is 4.93. The van der Waals surface area contributed by atoms with Crippen LogP contribution in [0.1, 0.15) is 31.4 Å². The zero-order chi connectivity index (χ0) is 14.5. The van der Waals surface area contributed by atoms with Crippen LogP contribution in [0.15, 0.2) is 22.8 Å². The zero-order valence-electron chi connectivity index (χ0n) is 12.7. The summed E-state index contributed by atoms with van der Waals surface area (Å²) in [6.45, 7) is 6.00. The molecule has 3 N–H and O–H groups in total. The van der Waals surface area contributed by atoms with Crippen LogP contribution < -0.4 is 15.1 Å². The molecular formula is C16H27N3O2+2. The van der Waals surface area contributed by atoms with Crippen LogP contribution >= 0.6 is 0 Å². The van der Waals surface area contributed by atoms with Gasteiger partial charge < -0.3 is 19.5 Å². The van der Waals surface area contributed by atoms with Gasteiger partial charge in [0.25, 0.3) is 5.91 Å². The number of quaternary nitrogens is 2. The van der Waals surface area contributed by atoms with Crippen LogP contribution in [0.25, 0.3) is 0 Å². The predicted molar refractivity (Wildman–Crippen MR) is 79.1 cm³/mol. The first-order valence-corrected chi connectivity index (χ1v) is 8.28. The number of amides is 1. The van der Waals surface area contributed by atoms with E-state index in [9.17, 15) is 4.79 Å². The van der Waals surface area contributed by atoms with Crippen molar-refractivity contribution in [2.75, 3.05) is 32.7 Å². The zero-order valence-corrected chi connectivity index (χ0v) is 12.7. The number of nitrogens with one attached hydrogen (secondary N) is 3. The van der Waals surface area contributed by atoms with Crippen LogP contribution in [0.3, 0.4) is 0 Å². The van der Waals surface area contributed by atoms with Crippen molar-refractivity contribution >= 4 is 5.91 Å². The van der Waals surface area contributed by atoms with Gasteiger partial charge in [0.15, 0.2) is 12.3 Å². The van der Waals surface area contributed by atoms with Gasteiger partial charge >= 0.3 is 0 Å². The molecule has 3 rings (SSSR count). The smallest absolute Gasteiger partial charge is 0.275 e. The number of carbonyl (C=O) groups excluding carboxylic acids is 1. The van der Waals surface area contributed by atoms with E-state index in [0.717, 1.165) is 38.5 Å². The standard InChI is InChI=1S/C16H25N3O2/c20-16(17-14-4-1-2-5-14)13-19-9-7-18(8-10-19)12-15-6-3-11-21-15/h3,6,11,14H,1-2,4-5,7-10,12-13H2,(H,17,20)/p+2. The molecule has 0 aromatic carbocycles. The van der Waals surface area contributed by atoms with Crippen LogP contribution in [0.2, 0.25) is 0 Å². The van der Waals surface area contributed by atoms with E-state index >= 15 is 0 Å². The Morgan fingerprint density at radius 2 is 1.90 bits per heavy atom. The minimum atomic E-state index is 0.242. The molecule has 116 valence electrons. The SMILES string of the molecule is O=C(C[NH+]1CC[NH+](Cc2ccco2)CC1)NC1CCCC1. The first-order chi connectivity index (χ1) is 10.3. The Labute approximate surface area is 126 Å². The lowest BCUT2D eigenvalue weighted by atomic mass is 10.2. The van der Waals surface area contributed by atoms with E-state index in [1.807, 2.05) is 12.1 Å². The van der Waals surface area contributed by atoms with Crippen molar-refractivity contribution in [1.29, 1.82) is 0 Å². The summed E-state index contributed by atoms with van der Waals surface area (Å²) < 4.78 is 5.41. The fourth-order valence-electron chi connectivity index (χ4n) is 3.55. The lowest BCUT2D eigenvalue weighted by Crippen LogP contribution is -3.28. The van der Waals surface area contributed by atoms with Gasteiger partial charge in [0.2, 0.25) is 0 Å². The van der Waals surface area contributed by atoms with Gasteiger partial charge in [-0.1, -0.05) is 12.8 Å². The molecule has 5 heteroatoms. The van der Waals surface area contributed by atoms with E-state index in [-0.39, 0.29) is 5.91 Å². The Morgan fingerprint density at radius 1 is 1.19 bits per heavy atom. The minimum Gasteiger partial charge on any atom is -0.463 e. The van der Waals surface area contributed by atoms with Gasteiger partial charge in [-0.15, -0.1) is 0 Å². The molecule has 21 heavy (non-hydrogen) atoms. The molecule has 1 aliphatic heterocycles. The summed E-state index contributed by atoms with van der Waals surface area (Å²) >= 11 is 0. The lowest BCUT2D eigenvalue weighted by molar-refractivity contribution is -1.02. The third-order valence-corrected chi connectivity index (χ3v) is 4.80. The molecule has 1 aromatic rings. The van der Waals surface area contributed by atoms with Crippen molar-refractivity contribution in [3.63, 3.8) is 0 Å². The Morgan fingerprint density at radius 3 is 2.57 bits per heavy atom. The molecule has 0 bridgehead atoms. The maximum atomic E-state index is 12.1. The summed E-state index contributed by atoms with van der Waals surface area (Å²) in [6.07, 6.45) is 6.62. The number of rotatable bonds is 5. The molecular weight excluding hydrogens is 266 g/mol. The molecule has 1 aliphatic carbocycles. The maximum absolute atomic E-state index is 12.1. The van der Waals surface area contributed by atoms with Gasteiger partial charge in [-0.3, -0.25) is 4.79 Å². The van der Waals surface area contributed by atoms with E-state index in [0.29, 0.717) is 12.6 Å². The van der Waals surface area contributed by atoms with Crippen molar-refractivity contribution in [1.82, 2.24) is 5.32 Å². The van der Waals surface area contributed by atoms with Crippen molar-refractivity contribution in [2.45, 2.75) is 38.3 Å². The van der Waals surface area contributed by atoms with E-state index in [1.54, 1.807) is 11.2 Å². The molecule has 1 amide bonds. The van der Waals surface area contributed by atoms with Crippen LogP contribution in [0.4, 0.5) is 0 Å². The summed E-state index contributed by atoms with van der Waals surface area (Å²) in [7, 11) is 0. The Hall–Kier alpha value is -1.33. The first kappa shape index (κ1) is 14.6. The number of carbonyl (C=O) groups is 1. The van der Waals surface area contributed by atoms with Crippen LogP contribution in [0.5, 0.6) is 0 Å². The number of hydrogen-bond donors (Lipinski definition) is 3. The molecule has 5 nitrogen and oxygen atoms in total. The monoisotopic (exact) mass is 293 g/mol. The van der Waals surface area contributed by atoms with Crippen molar-refractivity contribution in [2.24, 2.45) is 0 Å². The minimum absolute atomic E-state index is 0.242. The van der Waals surface area contributed by atoms with Crippen molar-refractivity contribution < 1.29 is 19.0 Å². The number of furan rings is 1. The fraction of sp³-hybridized carbons (Fsp3) is 0.688. The third-order valence-electron chi connectivity index (χ3n) is 4.80. The molecule has 2 heterocycles. The lowest BCUT2D eigenvalue weighted by Gasteiger charge is -2.29. The van der Waals surface area contributed by atoms with E-state index in [1.165, 1.54) is 30.6 Å². The van der Waals surface area contributed by atoms with Crippen LogP contribution in [0, 0.1) is 0 Å². The number of hydrogen-bond acceptors (Lipinski definition) is 2. The Bertz CT molecular complexity index is 432. The van der Waals surface area contributed by atoms with Crippen LogP contribution in [-0.2, 0) is 11.3 Å². The van der Waals surface area contributed by atoms with Gasteiger partial charge in [-0.05, 0) is 25.0 Å². The van der Waals surface area contributed by atoms with E-state index < -0.39 is 0 Å². The quantitative estimate of drug-likeness (QED) is 0.627. The van der Waals surface area contributed by atoms with Gasteiger partial charge in [0, 0.05) is 6.04 Å². The first-order valence-electron chi connectivity index (χ1n) is 8.28. The van der Waals surface area contributed by atoms with E-state index in [4.69, 9.17) is 4.42 Å². The second kappa shape index (κ2) is 7.09. The highest BCUT2D eigenvalue weighted by Crippen LogP contribution is 2.17. The summed E-state index contributed by atoms with van der Waals surface area (Å²) in [5.41, 5.74) is 0. The topological polar surface area (TPSA) is 51.1 Å². The highest BCUT2D eigenvalue weighted by Gasteiger charge is 2.26. The summed E-state index contributed by atoms with van der Waals surface area (Å²) in [4.78, 5) is 15.0. The third kappa shape index (κ3) is 4.32. The molecule has 0 radical (unpaired) electrons. The number of piperazine rings is 1. The van der Waals surface area contributed by atoms with Gasteiger partial charge in [0.05, 0.1) is 6.26 Å². The molecule has 2 fully saturated rings. The maximum Gasteiger partial charge on any atom is 0.275 e. The average Bonchev–Trinajstić information content (AvgIpc) is 3.14. The highest BCUT2D eigenvalue weighted by molar-refractivity contribution is 5.77. The van der Waals surface area contributed by atoms with Gasteiger partial charge in [0.1, 0.15) is 32.7 Å². The average molecular weight is 293 g/mol. The summed E-state index contributed by atoms with van der Waals surface area (Å²) in [5, 5.41) is 3.19. The van der Waals surface area contributed by atoms with Gasteiger partial charge in [-0.25, -0.2) is 0 Å². The van der Waals surface area contributed by atoms with Crippen molar-refractivity contribution in [3.05, 3.63) is 24.2 Å². The van der Waals surface area contributed by atoms with Crippen molar-refractivity contribution in [3.8, 4) is 0 Å². The molecule has 2 aliphatic rings. The van der Waals surface area contributed by atoms with Crippen LogP contribution in [-0.4, -0.2) is 44.7 Å². The molecule has 0 spiro atoms. The molecule has 1 aromatic heterocycles. The molecule has 0 atom stereocenters. The molecule has 0 unspecified atom stereocenters. The fourth-order valence-corrected chi connectivity index (χ4v) is 3.55. The predicted octanol–water partition coefficient (Wildman–Crippen LogP) is -1.38. The summed E-state index contributed by atoms with van der Waals surface area (Å²) in [5.74, 6) is 1.30.